The third-order valence-corrected chi connectivity index (χ3v) is 6.89. The van der Waals surface area contributed by atoms with Gasteiger partial charge in [0.05, 0.1) is 25.5 Å². The molecule has 3 atom stereocenters. The first-order chi connectivity index (χ1) is 18.4. The molecule has 1 fully saturated rings. The molecule has 39 heavy (non-hydrogen) atoms. The highest BCUT2D eigenvalue weighted by Gasteiger charge is 2.29. The average Bonchev–Trinajstić information content (AvgIpc) is 2.90. The molecule has 0 saturated heterocycles. The van der Waals surface area contributed by atoms with Crippen LogP contribution in [0.1, 0.15) is 118 Å². The second-order valence-corrected chi connectivity index (χ2v) is 10.6. The Kier molecular flexibility index (Phi) is 24.0. The van der Waals surface area contributed by atoms with Crippen molar-refractivity contribution in [2.45, 2.75) is 118 Å². The van der Waals surface area contributed by atoms with Gasteiger partial charge in [-0.1, -0.05) is 71.2 Å². The number of pyridine rings is 1. The van der Waals surface area contributed by atoms with Crippen LogP contribution in [0.25, 0.3) is 0 Å². The van der Waals surface area contributed by atoms with E-state index in [-0.39, 0.29) is 24.7 Å². The van der Waals surface area contributed by atoms with Crippen LogP contribution in [0.5, 0.6) is 5.75 Å². The summed E-state index contributed by atoms with van der Waals surface area (Å²) in [6.45, 7) is 14.8. The van der Waals surface area contributed by atoms with Gasteiger partial charge in [0.15, 0.2) is 0 Å². The zero-order chi connectivity index (χ0) is 30.3. The Hall–Kier alpha value is -1.96. The van der Waals surface area contributed by atoms with Gasteiger partial charge in [-0.15, -0.1) is 0 Å². The molecule has 0 aromatic carbocycles. The lowest BCUT2D eigenvalue weighted by Crippen LogP contribution is -2.19. The highest BCUT2D eigenvalue weighted by atomic mass is 19.3. The summed E-state index contributed by atoms with van der Waals surface area (Å²) in [5.74, 6) is -1.33. The molecule has 1 aliphatic carbocycles. The summed E-state index contributed by atoms with van der Waals surface area (Å²) in [6.07, 6.45) is 10.1. The number of nitroso groups, excluding NO2 is 1. The van der Waals surface area contributed by atoms with E-state index >= 15 is 0 Å². The fraction of sp³-hybridized carbons (Fsp3) is 0.774. The van der Waals surface area contributed by atoms with E-state index in [4.69, 9.17) is 10.5 Å². The van der Waals surface area contributed by atoms with Gasteiger partial charge >= 0.3 is 0 Å². The molecule has 0 bridgehead atoms. The smallest absolute Gasteiger partial charge is 0.248 e. The van der Waals surface area contributed by atoms with E-state index in [1.807, 2.05) is 41.5 Å². The number of unbranched alkanes of at least 4 members (excludes halogenated alkanes) is 1. The molecule has 5 nitrogen and oxygen atoms in total. The van der Waals surface area contributed by atoms with Gasteiger partial charge < -0.3 is 10.5 Å². The number of hydrogen-bond donors (Lipinski definition) is 1. The minimum absolute atomic E-state index is 0.0223. The minimum atomic E-state index is -2.43. The molecular formula is C31H56F3N3O2. The van der Waals surface area contributed by atoms with E-state index < -0.39 is 12.1 Å². The lowest BCUT2D eigenvalue weighted by molar-refractivity contribution is -0.0310. The quantitative estimate of drug-likeness (QED) is 0.148. The average molecular weight is 560 g/mol. The second kappa shape index (κ2) is 23.9. The van der Waals surface area contributed by atoms with Crippen LogP contribution in [-0.4, -0.2) is 31.1 Å². The van der Waals surface area contributed by atoms with Gasteiger partial charge in [-0.3, -0.25) is 4.98 Å². The summed E-state index contributed by atoms with van der Waals surface area (Å²) in [7, 11) is 1.57. The van der Waals surface area contributed by atoms with Crippen LogP contribution >= 0.6 is 0 Å². The van der Waals surface area contributed by atoms with Crippen molar-refractivity contribution in [3.05, 3.63) is 40.6 Å². The summed E-state index contributed by atoms with van der Waals surface area (Å²) in [5.41, 5.74) is 7.15. The number of rotatable bonds is 13. The molecule has 0 aliphatic heterocycles. The number of alkyl halides is 3. The van der Waals surface area contributed by atoms with Crippen molar-refractivity contribution >= 4 is 0 Å². The van der Waals surface area contributed by atoms with E-state index in [0.29, 0.717) is 43.3 Å². The molecule has 0 radical (unpaired) electrons. The molecule has 228 valence electrons. The molecule has 0 amide bonds. The number of ether oxygens (including phenoxy) is 1. The first-order valence-electron chi connectivity index (χ1n) is 14.6. The maximum atomic E-state index is 13.9. The van der Waals surface area contributed by atoms with Crippen molar-refractivity contribution in [1.82, 2.24) is 4.98 Å². The number of nitrogens with two attached hydrogens (primary N) is 1. The normalized spacial score (nSPS) is 14.6. The van der Waals surface area contributed by atoms with Crippen molar-refractivity contribution in [1.29, 1.82) is 0 Å². The molecule has 1 aliphatic rings. The highest BCUT2D eigenvalue weighted by Crippen LogP contribution is 2.31. The standard InChI is InChI=1S/C12H18FNO.C10H20F2.C6H10.C3H8N2O/c1-8(2)9(3)12(13)11-6-5-10(15-4)7-14-11;1-4-6-7-10(11,12)8-9(3)5-2;1-2-6-4-3-5-6;4-2-1-3-5-6/h5-9,12H,1-4H3;9H,4-8H2,1-3H3;2H,3-5H2,1H3;1-4H2. The molecule has 1 aromatic heterocycles. The van der Waals surface area contributed by atoms with Gasteiger partial charge in [0.25, 0.3) is 0 Å². The molecule has 1 heterocycles. The van der Waals surface area contributed by atoms with Crippen molar-refractivity contribution in [2.75, 3.05) is 20.2 Å². The molecule has 2 N–H and O–H groups in total. The van der Waals surface area contributed by atoms with Gasteiger partial charge in [0.2, 0.25) is 5.92 Å². The lowest BCUT2D eigenvalue weighted by Gasteiger charge is -2.19. The maximum Gasteiger partial charge on any atom is 0.248 e. The van der Waals surface area contributed by atoms with Crippen LogP contribution in [0.2, 0.25) is 0 Å². The van der Waals surface area contributed by atoms with Gasteiger partial charge in [-0.2, -0.15) is 4.91 Å². The molecular weight excluding hydrogens is 503 g/mol. The third-order valence-electron chi connectivity index (χ3n) is 6.89. The second-order valence-electron chi connectivity index (χ2n) is 10.6. The van der Waals surface area contributed by atoms with Crippen LogP contribution < -0.4 is 10.5 Å². The summed E-state index contributed by atoms with van der Waals surface area (Å²) in [5, 5.41) is 2.60. The number of nitrogens with zero attached hydrogens (tertiary/aromatic N) is 2. The van der Waals surface area contributed by atoms with E-state index in [1.165, 1.54) is 19.3 Å². The zero-order valence-corrected chi connectivity index (χ0v) is 25.8. The number of hydrogen-bond acceptors (Lipinski definition) is 5. The lowest BCUT2D eigenvalue weighted by atomic mass is 9.91. The van der Waals surface area contributed by atoms with Gasteiger partial charge in [0.1, 0.15) is 11.9 Å². The molecule has 1 aromatic rings. The van der Waals surface area contributed by atoms with Gasteiger partial charge in [-0.05, 0) is 75.5 Å². The summed E-state index contributed by atoms with van der Waals surface area (Å²) in [6, 6.07) is 3.42. The maximum absolute atomic E-state index is 13.9. The number of halogens is 3. The van der Waals surface area contributed by atoms with Crippen LogP contribution in [0.15, 0.2) is 35.2 Å². The topological polar surface area (TPSA) is 77.6 Å². The Morgan fingerprint density at radius 3 is 2.10 bits per heavy atom. The molecule has 2 rings (SSSR count). The van der Waals surface area contributed by atoms with Crippen LogP contribution in [0.3, 0.4) is 0 Å². The third kappa shape index (κ3) is 20.6. The van der Waals surface area contributed by atoms with E-state index in [0.717, 1.165) is 12.8 Å². The molecule has 8 heteroatoms. The van der Waals surface area contributed by atoms with E-state index in [1.54, 1.807) is 31.0 Å². The predicted octanol–water partition coefficient (Wildman–Crippen LogP) is 9.86. The summed E-state index contributed by atoms with van der Waals surface area (Å²) in [4.78, 5) is 13.3. The number of aromatic nitrogens is 1. The fourth-order valence-corrected chi connectivity index (χ4v) is 3.30. The Morgan fingerprint density at radius 1 is 1.15 bits per heavy atom. The van der Waals surface area contributed by atoms with E-state index in [9.17, 15) is 18.1 Å². The fourth-order valence-electron chi connectivity index (χ4n) is 3.30. The van der Waals surface area contributed by atoms with Gasteiger partial charge in [-0.25, -0.2) is 13.2 Å². The van der Waals surface area contributed by atoms with Crippen molar-refractivity contribution in [2.24, 2.45) is 28.7 Å². The first kappa shape index (κ1) is 39.2. The number of methoxy groups -OCH3 is 1. The highest BCUT2D eigenvalue weighted by molar-refractivity contribution is 5.21. The minimum Gasteiger partial charge on any atom is -0.495 e. The Bertz CT molecular complexity index is 737. The summed E-state index contributed by atoms with van der Waals surface area (Å²) >= 11 is 0. The Morgan fingerprint density at radius 2 is 1.79 bits per heavy atom. The number of allylic oxidation sites excluding steroid dienone is 2. The Balaban J connectivity index is 0. The van der Waals surface area contributed by atoms with Crippen molar-refractivity contribution in [3.63, 3.8) is 0 Å². The van der Waals surface area contributed by atoms with Crippen LogP contribution in [0.4, 0.5) is 13.2 Å². The van der Waals surface area contributed by atoms with Crippen molar-refractivity contribution < 1.29 is 17.9 Å². The zero-order valence-electron chi connectivity index (χ0n) is 25.8. The SMILES string of the molecule is CC=C1CCC1.CCCCC(F)(F)CC(C)CC.COc1ccc(C(F)C(C)C(C)C)nc1.NCCCN=O. The van der Waals surface area contributed by atoms with Gasteiger partial charge in [0, 0.05) is 12.8 Å². The molecule has 1 saturated carbocycles. The van der Waals surface area contributed by atoms with Crippen LogP contribution in [-0.2, 0) is 0 Å². The predicted molar refractivity (Wildman–Crippen MR) is 159 cm³/mol. The van der Waals surface area contributed by atoms with Crippen molar-refractivity contribution in [3.8, 4) is 5.75 Å². The molecule has 3 unspecified atom stereocenters. The Labute approximate surface area is 236 Å². The first-order valence-corrected chi connectivity index (χ1v) is 14.6. The largest absolute Gasteiger partial charge is 0.495 e. The monoisotopic (exact) mass is 559 g/mol. The summed E-state index contributed by atoms with van der Waals surface area (Å²) < 4.78 is 45.0. The van der Waals surface area contributed by atoms with Crippen LogP contribution in [0, 0.1) is 22.7 Å². The van der Waals surface area contributed by atoms with E-state index in [2.05, 4.69) is 23.2 Å². The molecule has 0 spiro atoms.